The second-order valence-electron chi connectivity index (χ2n) is 11.3. The number of amides is 2. The van der Waals surface area contributed by atoms with Gasteiger partial charge in [-0.1, -0.05) is 88.2 Å². The summed E-state index contributed by atoms with van der Waals surface area (Å²) in [7, 11) is -4.12. The van der Waals surface area contributed by atoms with E-state index in [-0.39, 0.29) is 29.2 Å². The fraction of sp³-hybridized carbons (Fsp3) is 0.394. The Morgan fingerprint density at radius 3 is 2.00 bits per heavy atom. The molecule has 0 bridgehead atoms. The van der Waals surface area contributed by atoms with Crippen LogP contribution < -0.4 is 9.62 Å². The summed E-state index contributed by atoms with van der Waals surface area (Å²) in [5.74, 6) is -0.272. The molecule has 0 heterocycles. The lowest BCUT2D eigenvalue weighted by atomic mass is 10.0. The molecule has 3 aromatic rings. The topological polar surface area (TPSA) is 86.8 Å². The number of hydrogen-bond donors (Lipinski definition) is 1. The van der Waals surface area contributed by atoms with Crippen molar-refractivity contribution in [3.8, 4) is 0 Å². The molecular weight excluding hydrogens is 570 g/mol. The Labute approximate surface area is 255 Å². The molecule has 3 aromatic carbocycles. The minimum atomic E-state index is -4.12. The molecule has 7 nitrogen and oxygen atoms in total. The van der Waals surface area contributed by atoms with Crippen molar-refractivity contribution in [2.45, 2.75) is 71.4 Å². The van der Waals surface area contributed by atoms with Gasteiger partial charge in [0, 0.05) is 18.1 Å². The van der Waals surface area contributed by atoms with E-state index in [1.165, 1.54) is 4.90 Å². The highest BCUT2D eigenvalue weighted by atomic mass is 35.5. The van der Waals surface area contributed by atoms with E-state index in [1.807, 2.05) is 39.8 Å². The summed E-state index contributed by atoms with van der Waals surface area (Å²) in [6.45, 7) is 11.9. The van der Waals surface area contributed by atoms with E-state index < -0.39 is 28.5 Å². The largest absolute Gasteiger partial charge is 0.354 e. The predicted octanol–water partition coefficient (Wildman–Crippen LogP) is 6.55. The molecule has 0 saturated carbocycles. The number of anilines is 1. The Hall–Kier alpha value is -3.36. The Balaban J connectivity index is 2.06. The van der Waals surface area contributed by atoms with E-state index in [2.05, 4.69) is 19.2 Å². The van der Waals surface area contributed by atoms with Crippen molar-refractivity contribution in [2.75, 3.05) is 17.4 Å². The zero-order valence-electron chi connectivity index (χ0n) is 25.3. The molecule has 0 fully saturated rings. The molecule has 226 valence electrons. The van der Waals surface area contributed by atoms with Crippen molar-refractivity contribution in [3.63, 3.8) is 0 Å². The maximum atomic E-state index is 14.2. The van der Waals surface area contributed by atoms with Gasteiger partial charge in [0.1, 0.15) is 12.6 Å². The van der Waals surface area contributed by atoms with E-state index in [4.69, 9.17) is 11.6 Å². The van der Waals surface area contributed by atoms with Gasteiger partial charge < -0.3 is 10.2 Å². The first kappa shape index (κ1) is 33.1. The summed E-state index contributed by atoms with van der Waals surface area (Å²) in [5.41, 5.74) is 3.12. The zero-order valence-corrected chi connectivity index (χ0v) is 26.9. The molecule has 9 heteroatoms. The van der Waals surface area contributed by atoms with Gasteiger partial charge in [0.2, 0.25) is 11.8 Å². The molecule has 1 unspecified atom stereocenters. The highest BCUT2D eigenvalue weighted by Gasteiger charge is 2.33. The standard InChI is InChI=1S/C33H42ClN3O4S/c1-7-31(33(39)35-20-23(2)3)36(21-26-10-14-28(34)15-11-26)32(38)22-37(29-16-12-27(13-17-29)24(4)5)42(40,41)30-18-8-25(6)9-19-30/h8-19,23-24,31H,7,20-22H2,1-6H3,(H,35,39). The van der Waals surface area contributed by atoms with Crippen LogP contribution in [0, 0.1) is 12.8 Å². The average Bonchev–Trinajstić information content (AvgIpc) is 2.95. The number of carbonyl (C=O) groups is 2. The minimum Gasteiger partial charge on any atom is -0.354 e. The van der Waals surface area contributed by atoms with Crippen LogP contribution >= 0.6 is 11.6 Å². The van der Waals surface area contributed by atoms with Crippen molar-refractivity contribution >= 4 is 39.1 Å². The van der Waals surface area contributed by atoms with Crippen molar-refractivity contribution in [2.24, 2.45) is 5.92 Å². The molecule has 0 spiro atoms. The lowest BCUT2D eigenvalue weighted by Crippen LogP contribution is -2.52. The third kappa shape index (κ3) is 8.58. The van der Waals surface area contributed by atoms with Gasteiger partial charge in [0.15, 0.2) is 0 Å². The van der Waals surface area contributed by atoms with Crippen LogP contribution in [-0.2, 0) is 26.2 Å². The summed E-state index contributed by atoms with van der Waals surface area (Å²) in [5, 5.41) is 3.49. The van der Waals surface area contributed by atoms with E-state index in [1.54, 1.807) is 60.7 Å². The van der Waals surface area contributed by atoms with Crippen LogP contribution in [0.1, 0.15) is 63.6 Å². The molecule has 0 aromatic heterocycles. The minimum absolute atomic E-state index is 0.0832. The fourth-order valence-corrected chi connectivity index (χ4v) is 6.06. The Bertz CT molecular complexity index is 1440. The maximum Gasteiger partial charge on any atom is 0.264 e. The van der Waals surface area contributed by atoms with Gasteiger partial charge in [-0.2, -0.15) is 0 Å². The second-order valence-corrected chi connectivity index (χ2v) is 13.6. The second kappa shape index (κ2) is 14.7. The molecule has 42 heavy (non-hydrogen) atoms. The quantitative estimate of drug-likeness (QED) is 0.238. The molecule has 0 radical (unpaired) electrons. The van der Waals surface area contributed by atoms with Crippen LogP contribution in [0.25, 0.3) is 0 Å². The summed E-state index contributed by atoms with van der Waals surface area (Å²) >= 11 is 6.09. The number of carbonyl (C=O) groups excluding carboxylic acids is 2. The van der Waals surface area contributed by atoms with Gasteiger partial charge in [-0.15, -0.1) is 0 Å². The van der Waals surface area contributed by atoms with Crippen molar-refractivity contribution in [1.82, 2.24) is 10.2 Å². The molecule has 1 N–H and O–H groups in total. The number of nitrogens with zero attached hydrogens (tertiary/aromatic N) is 2. The number of rotatable bonds is 13. The SMILES string of the molecule is CCC(C(=O)NCC(C)C)N(Cc1ccc(Cl)cc1)C(=O)CN(c1ccc(C(C)C)cc1)S(=O)(=O)c1ccc(C)cc1. The number of sulfonamides is 1. The number of benzene rings is 3. The lowest BCUT2D eigenvalue weighted by molar-refractivity contribution is -0.140. The monoisotopic (exact) mass is 611 g/mol. The van der Waals surface area contributed by atoms with Crippen molar-refractivity contribution in [3.05, 3.63) is 94.5 Å². The molecule has 3 rings (SSSR count). The zero-order chi connectivity index (χ0) is 31.0. The summed E-state index contributed by atoms with van der Waals surface area (Å²) in [4.78, 5) is 29.0. The number of nitrogens with one attached hydrogen (secondary N) is 1. The molecule has 0 aliphatic rings. The van der Waals surface area contributed by atoms with Crippen LogP contribution in [0.5, 0.6) is 0 Å². The maximum absolute atomic E-state index is 14.2. The van der Waals surface area contributed by atoms with E-state index in [0.717, 1.165) is 21.0 Å². The highest BCUT2D eigenvalue weighted by molar-refractivity contribution is 7.92. The molecule has 0 aliphatic heterocycles. The Morgan fingerprint density at radius 1 is 0.881 bits per heavy atom. The number of hydrogen-bond acceptors (Lipinski definition) is 4. The van der Waals surface area contributed by atoms with Crippen LogP contribution in [-0.4, -0.2) is 44.3 Å². The van der Waals surface area contributed by atoms with Crippen molar-refractivity contribution in [1.29, 1.82) is 0 Å². The Kier molecular flexibility index (Phi) is 11.6. The highest BCUT2D eigenvalue weighted by Crippen LogP contribution is 2.27. The molecule has 0 saturated heterocycles. The first-order valence-electron chi connectivity index (χ1n) is 14.3. The van der Waals surface area contributed by atoms with E-state index >= 15 is 0 Å². The Morgan fingerprint density at radius 2 is 1.48 bits per heavy atom. The number of halogens is 1. The van der Waals surface area contributed by atoms with Gasteiger partial charge in [-0.25, -0.2) is 8.42 Å². The molecule has 0 aliphatic carbocycles. The van der Waals surface area contributed by atoms with Gasteiger partial charge in [0.05, 0.1) is 10.6 Å². The van der Waals surface area contributed by atoms with Crippen LogP contribution in [0.2, 0.25) is 5.02 Å². The normalized spacial score (nSPS) is 12.3. The van der Waals surface area contributed by atoms with E-state index in [9.17, 15) is 18.0 Å². The van der Waals surface area contributed by atoms with Crippen LogP contribution in [0.15, 0.2) is 77.7 Å². The average molecular weight is 612 g/mol. The van der Waals surface area contributed by atoms with Gasteiger partial charge in [0.25, 0.3) is 10.0 Å². The van der Waals surface area contributed by atoms with Gasteiger partial charge in [-0.05, 0) is 72.7 Å². The van der Waals surface area contributed by atoms with Crippen molar-refractivity contribution < 1.29 is 18.0 Å². The summed E-state index contributed by atoms with van der Waals surface area (Å²) in [6.07, 6.45) is 0.358. The molecule has 2 amide bonds. The van der Waals surface area contributed by atoms with Gasteiger partial charge >= 0.3 is 0 Å². The molecular formula is C33H42ClN3O4S. The molecule has 1 atom stereocenters. The first-order chi connectivity index (χ1) is 19.8. The summed E-state index contributed by atoms with van der Waals surface area (Å²) < 4.78 is 29.2. The smallest absolute Gasteiger partial charge is 0.264 e. The van der Waals surface area contributed by atoms with Gasteiger partial charge in [-0.3, -0.25) is 13.9 Å². The first-order valence-corrected chi connectivity index (χ1v) is 16.2. The van der Waals surface area contributed by atoms with Crippen LogP contribution in [0.3, 0.4) is 0 Å². The third-order valence-corrected chi connectivity index (χ3v) is 9.11. The predicted molar refractivity (Wildman–Crippen MR) is 170 cm³/mol. The fourth-order valence-electron chi connectivity index (χ4n) is 4.52. The van der Waals surface area contributed by atoms with Crippen LogP contribution in [0.4, 0.5) is 5.69 Å². The summed E-state index contributed by atoms with van der Waals surface area (Å²) in [6, 6.07) is 20.0. The van der Waals surface area contributed by atoms with E-state index in [0.29, 0.717) is 23.7 Å². The third-order valence-electron chi connectivity index (χ3n) is 7.07. The number of aryl methyl sites for hydroxylation is 1. The lowest BCUT2D eigenvalue weighted by Gasteiger charge is -2.33.